The minimum absolute atomic E-state index is 0.272. The molecule has 0 aliphatic heterocycles. The third-order valence-electron chi connectivity index (χ3n) is 1.35. The van der Waals surface area contributed by atoms with Gasteiger partial charge >= 0.3 is 0 Å². The van der Waals surface area contributed by atoms with Crippen LogP contribution in [-0.4, -0.2) is 4.98 Å². The zero-order chi connectivity index (χ0) is 10.0. The SMILES string of the molecule is FC(F)c1cc(Br)c(Cl)c(CBr)n1. The standard InChI is InChI=1S/C7H4Br2ClF2N/c8-2-5-6(10)3(9)1-4(13-5)7(11)12/h1,7H,2H2. The van der Waals surface area contributed by atoms with E-state index in [1.807, 2.05) is 0 Å². The fraction of sp³-hybridized carbons (Fsp3) is 0.286. The fourth-order valence-electron chi connectivity index (χ4n) is 0.769. The van der Waals surface area contributed by atoms with Crippen LogP contribution in [0.25, 0.3) is 0 Å². The summed E-state index contributed by atoms with van der Waals surface area (Å²) in [6, 6.07) is 1.22. The van der Waals surface area contributed by atoms with Crippen LogP contribution in [0.15, 0.2) is 10.5 Å². The summed E-state index contributed by atoms with van der Waals surface area (Å²) < 4.78 is 24.9. The van der Waals surface area contributed by atoms with Crippen molar-refractivity contribution in [2.24, 2.45) is 0 Å². The molecule has 0 radical (unpaired) electrons. The number of pyridine rings is 1. The lowest BCUT2D eigenvalue weighted by atomic mass is 10.3. The van der Waals surface area contributed by atoms with Crippen molar-refractivity contribution in [2.75, 3.05) is 0 Å². The van der Waals surface area contributed by atoms with Crippen molar-refractivity contribution < 1.29 is 8.78 Å². The van der Waals surface area contributed by atoms with Gasteiger partial charge in [0.25, 0.3) is 6.43 Å². The molecule has 6 heteroatoms. The second-order valence-corrected chi connectivity index (χ2v) is 4.02. The Morgan fingerprint density at radius 3 is 2.62 bits per heavy atom. The molecule has 0 fully saturated rings. The lowest BCUT2D eigenvalue weighted by Crippen LogP contribution is -1.96. The van der Waals surface area contributed by atoms with Gasteiger partial charge in [0.05, 0.1) is 10.7 Å². The number of rotatable bonds is 2. The highest BCUT2D eigenvalue weighted by Gasteiger charge is 2.14. The summed E-state index contributed by atoms with van der Waals surface area (Å²) in [4.78, 5) is 3.69. The van der Waals surface area contributed by atoms with Gasteiger partial charge in [0.15, 0.2) is 0 Å². The topological polar surface area (TPSA) is 12.9 Å². The molecular weight excluding hydrogens is 331 g/mol. The second kappa shape index (κ2) is 4.66. The Kier molecular flexibility index (Phi) is 4.06. The van der Waals surface area contributed by atoms with E-state index >= 15 is 0 Å². The maximum atomic E-state index is 12.3. The molecule has 1 aromatic rings. The number of halogens is 5. The molecule has 0 bridgehead atoms. The van der Waals surface area contributed by atoms with Gasteiger partial charge in [-0.3, -0.25) is 0 Å². The van der Waals surface area contributed by atoms with Crippen LogP contribution in [0.3, 0.4) is 0 Å². The molecule has 0 unspecified atom stereocenters. The highest BCUT2D eigenvalue weighted by Crippen LogP contribution is 2.30. The van der Waals surface area contributed by atoms with Gasteiger partial charge in [-0.2, -0.15) is 0 Å². The Hall–Kier alpha value is 0.260. The van der Waals surface area contributed by atoms with Crippen LogP contribution in [0.4, 0.5) is 8.78 Å². The van der Waals surface area contributed by atoms with Gasteiger partial charge in [-0.15, -0.1) is 0 Å². The van der Waals surface area contributed by atoms with Crippen molar-refractivity contribution in [1.82, 2.24) is 4.98 Å². The van der Waals surface area contributed by atoms with Gasteiger partial charge in [0.2, 0.25) is 0 Å². The predicted octanol–water partition coefficient (Wildman–Crippen LogP) is 4.33. The van der Waals surface area contributed by atoms with Gasteiger partial charge < -0.3 is 0 Å². The molecule has 72 valence electrons. The van der Waals surface area contributed by atoms with Gasteiger partial charge in [0, 0.05) is 9.80 Å². The van der Waals surface area contributed by atoms with E-state index in [1.165, 1.54) is 6.07 Å². The van der Waals surface area contributed by atoms with Crippen molar-refractivity contribution in [1.29, 1.82) is 0 Å². The molecule has 0 amide bonds. The molecule has 0 N–H and O–H groups in total. The molecule has 13 heavy (non-hydrogen) atoms. The van der Waals surface area contributed by atoms with E-state index in [0.29, 0.717) is 20.5 Å². The number of hydrogen-bond donors (Lipinski definition) is 0. The molecule has 0 aliphatic rings. The molecule has 1 nitrogen and oxygen atoms in total. The minimum Gasteiger partial charge on any atom is -0.249 e. The molecule has 1 rings (SSSR count). The zero-order valence-corrected chi connectivity index (χ0v) is 10.1. The summed E-state index contributed by atoms with van der Waals surface area (Å²) in [5.74, 6) is 0. The Bertz CT molecular complexity index is 320. The summed E-state index contributed by atoms with van der Waals surface area (Å²) in [6.45, 7) is 0. The lowest BCUT2D eigenvalue weighted by molar-refractivity contribution is 0.146. The average molecular weight is 335 g/mol. The van der Waals surface area contributed by atoms with Crippen molar-refractivity contribution >= 4 is 43.5 Å². The molecule has 0 spiro atoms. The first-order valence-electron chi connectivity index (χ1n) is 3.25. The molecule has 1 aromatic heterocycles. The Balaban J connectivity index is 3.22. The van der Waals surface area contributed by atoms with Crippen LogP contribution in [0.2, 0.25) is 5.02 Å². The first-order valence-corrected chi connectivity index (χ1v) is 5.54. The molecule has 0 aromatic carbocycles. The van der Waals surface area contributed by atoms with Crippen LogP contribution in [-0.2, 0) is 5.33 Å². The molecule has 0 aliphatic carbocycles. The summed E-state index contributed by atoms with van der Waals surface area (Å²) >= 11 is 12.0. The van der Waals surface area contributed by atoms with E-state index in [-0.39, 0.29) is 5.69 Å². The van der Waals surface area contributed by atoms with E-state index in [9.17, 15) is 8.78 Å². The van der Waals surface area contributed by atoms with E-state index in [0.717, 1.165) is 0 Å². The van der Waals surface area contributed by atoms with Crippen molar-refractivity contribution in [3.05, 3.63) is 26.9 Å². The number of aromatic nitrogens is 1. The predicted molar refractivity (Wildman–Crippen MR) is 54.5 cm³/mol. The van der Waals surface area contributed by atoms with Crippen molar-refractivity contribution in [3.63, 3.8) is 0 Å². The number of alkyl halides is 3. The highest BCUT2D eigenvalue weighted by molar-refractivity contribution is 9.10. The lowest BCUT2D eigenvalue weighted by Gasteiger charge is -2.05. The van der Waals surface area contributed by atoms with Crippen LogP contribution >= 0.6 is 43.5 Å². The smallest absolute Gasteiger partial charge is 0.249 e. The minimum atomic E-state index is -2.58. The van der Waals surface area contributed by atoms with E-state index in [1.54, 1.807) is 0 Å². The number of nitrogens with zero attached hydrogens (tertiary/aromatic N) is 1. The summed E-state index contributed by atoms with van der Waals surface area (Å²) in [5.41, 5.74) is 0.136. The van der Waals surface area contributed by atoms with Crippen molar-refractivity contribution in [2.45, 2.75) is 11.8 Å². The molecule has 0 saturated heterocycles. The van der Waals surface area contributed by atoms with Gasteiger partial charge in [-0.05, 0) is 22.0 Å². The molecule has 1 heterocycles. The Labute approximate surface area is 95.8 Å². The maximum Gasteiger partial charge on any atom is 0.280 e. The van der Waals surface area contributed by atoms with Crippen LogP contribution in [0, 0.1) is 0 Å². The Morgan fingerprint density at radius 1 is 1.54 bits per heavy atom. The first kappa shape index (κ1) is 11.3. The van der Waals surface area contributed by atoms with E-state index in [2.05, 4.69) is 36.8 Å². The third kappa shape index (κ3) is 2.60. The molecule has 0 saturated carbocycles. The highest BCUT2D eigenvalue weighted by atomic mass is 79.9. The summed E-state index contributed by atoms with van der Waals surface area (Å²) in [7, 11) is 0. The van der Waals surface area contributed by atoms with Gasteiger partial charge in [-0.25, -0.2) is 13.8 Å². The first-order chi connectivity index (χ1) is 6.06. The fourth-order valence-corrected chi connectivity index (χ4v) is 1.96. The third-order valence-corrected chi connectivity index (χ3v) is 3.16. The van der Waals surface area contributed by atoms with Crippen LogP contribution in [0.1, 0.15) is 17.8 Å². The van der Waals surface area contributed by atoms with Crippen molar-refractivity contribution in [3.8, 4) is 0 Å². The molecular formula is C7H4Br2ClF2N. The Morgan fingerprint density at radius 2 is 2.15 bits per heavy atom. The van der Waals surface area contributed by atoms with E-state index < -0.39 is 6.43 Å². The monoisotopic (exact) mass is 333 g/mol. The normalized spacial score (nSPS) is 10.9. The zero-order valence-electron chi connectivity index (χ0n) is 6.20. The molecule has 0 atom stereocenters. The van der Waals surface area contributed by atoms with Crippen LogP contribution < -0.4 is 0 Å². The van der Waals surface area contributed by atoms with Gasteiger partial charge in [0.1, 0.15) is 5.69 Å². The maximum absolute atomic E-state index is 12.3. The largest absolute Gasteiger partial charge is 0.280 e. The number of hydrogen-bond acceptors (Lipinski definition) is 1. The summed E-state index contributed by atoms with van der Waals surface area (Å²) in [6.07, 6.45) is -2.58. The van der Waals surface area contributed by atoms with Gasteiger partial charge in [-0.1, -0.05) is 27.5 Å². The van der Waals surface area contributed by atoms with Crippen LogP contribution in [0.5, 0.6) is 0 Å². The quantitative estimate of drug-likeness (QED) is 0.733. The average Bonchev–Trinajstić information content (AvgIpc) is 2.09. The summed E-state index contributed by atoms with van der Waals surface area (Å²) in [5, 5.41) is 0.714. The second-order valence-electron chi connectivity index (χ2n) is 2.22. The van der Waals surface area contributed by atoms with E-state index in [4.69, 9.17) is 11.6 Å².